The summed E-state index contributed by atoms with van der Waals surface area (Å²) in [6.45, 7) is 0.339. The molecule has 0 radical (unpaired) electrons. The largest absolute Gasteiger partial charge is 0.494 e. The molecule has 0 aliphatic heterocycles. The molecule has 1 amide bonds. The van der Waals surface area contributed by atoms with Crippen LogP contribution >= 0.6 is 0 Å². The van der Waals surface area contributed by atoms with Crippen LogP contribution in [0.15, 0.2) is 29.4 Å². The number of nitrogens with one attached hydrogen (secondary N) is 1. The fourth-order valence-electron chi connectivity index (χ4n) is 4.38. The number of rotatable bonds is 13. The number of oxime groups is 1. The van der Waals surface area contributed by atoms with Gasteiger partial charge in [0.15, 0.2) is 0 Å². The first kappa shape index (κ1) is 26.0. The topological polar surface area (TPSA) is 91.2 Å². The van der Waals surface area contributed by atoms with E-state index in [1.54, 1.807) is 5.48 Å². The highest BCUT2D eigenvalue weighted by Gasteiger charge is 2.32. The molecule has 0 bridgehead atoms. The first-order valence-electron chi connectivity index (χ1n) is 11.3. The number of hydrogen-bond acceptors (Lipinski definition) is 5. The van der Waals surface area contributed by atoms with Crippen LogP contribution in [0.25, 0.3) is 0 Å². The monoisotopic (exact) mass is 458 g/mol. The molecule has 6 nitrogen and oxygen atoms in total. The number of ether oxygens (including phenoxy) is 1. The highest BCUT2D eigenvalue weighted by atomic mass is 19.4. The van der Waals surface area contributed by atoms with Crippen LogP contribution in [0, 0.1) is 11.8 Å². The van der Waals surface area contributed by atoms with E-state index in [9.17, 15) is 23.2 Å². The van der Waals surface area contributed by atoms with Crippen LogP contribution < -0.4 is 10.2 Å². The quantitative estimate of drug-likeness (QED) is 0.147. The van der Waals surface area contributed by atoms with Gasteiger partial charge in [-0.2, -0.15) is 13.2 Å². The van der Waals surface area contributed by atoms with Gasteiger partial charge in [-0.25, -0.2) is 5.48 Å². The van der Waals surface area contributed by atoms with E-state index in [0.29, 0.717) is 25.4 Å². The van der Waals surface area contributed by atoms with E-state index in [0.717, 1.165) is 75.6 Å². The molecule has 1 fully saturated rings. The van der Waals surface area contributed by atoms with Crippen molar-refractivity contribution in [1.82, 2.24) is 5.48 Å². The molecule has 1 aliphatic rings. The summed E-state index contributed by atoms with van der Waals surface area (Å²) in [7, 11) is 0. The number of benzene rings is 1. The maximum atomic E-state index is 12.8. The molecule has 0 spiro atoms. The Morgan fingerprint density at radius 3 is 2.59 bits per heavy atom. The summed E-state index contributed by atoms with van der Waals surface area (Å²) >= 11 is 0. The molecule has 0 saturated heterocycles. The Kier molecular flexibility index (Phi) is 10.8. The molecular formula is C23H33F3N2O4. The van der Waals surface area contributed by atoms with E-state index < -0.39 is 11.7 Å². The number of halogens is 3. The highest BCUT2D eigenvalue weighted by Crippen LogP contribution is 2.37. The number of nitrogens with zero attached hydrogens (tertiary/aromatic N) is 1. The smallest absolute Gasteiger partial charge is 0.416 e. The summed E-state index contributed by atoms with van der Waals surface area (Å²) in [5, 5.41) is 21.3. The number of carbonyl (C=O) groups excluding carboxylic acids is 1. The molecule has 2 atom stereocenters. The molecule has 1 aromatic rings. The second-order valence-electron chi connectivity index (χ2n) is 8.35. The molecule has 1 aliphatic carbocycles. The molecule has 2 rings (SSSR count). The third kappa shape index (κ3) is 8.68. The van der Waals surface area contributed by atoms with Gasteiger partial charge in [0.25, 0.3) is 0 Å². The predicted octanol–water partition coefficient (Wildman–Crippen LogP) is 5.96. The minimum Gasteiger partial charge on any atom is -0.494 e. The predicted molar refractivity (Wildman–Crippen MR) is 114 cm³/mol. The normalized spacial score (nSPS) is 19.9. The standard InChI is InChI=1S/C23H33F3N2O4/c24-23(25,26)18-9-7-10-19(16-18)32-15-6-5-11-20-17(13-14-21(20)27-30)8-3-1-2-4-12-22(29)28-31/h7,9-10,16-17,20,30-31H,1-6,8,11-15H2,(H,28,29)/b27-21-/t17-,20?/m0/s1. The first-order chi connectivity index (χ1) is 15.3. The number of amides is 1. The lowest BCUT2D eigenvalue weighted by molar-refractivity contribution is -0.137. The van der Waals surface area contributed by atoms with Gasteiger partial charge >= 0.3 is 6.18 Å². The van der Waals surface area contributed by atoms with Crippen molar-refractivity contribution in [2.24, 2.45) is 17.0 Å². The maximum Gasteiger partial charge on any atom is 0.416 e. The zero-order valence-corrected chi connectivity index (χ0v) is 18.2. The third-order valence-corrected chi connectivity index (χ3v) is 6.09. The van der Waals surface area contributed by atoms with Crippen LogP contribution in [-0.2, 0) is 11.0 Å². The SMILES string of the molecule is O=C(CCCCCC[C@H]1CC/C(=N/O)C1CCCCOc1cccc(C(F)(F)F)c1)NO. The fraction of sp³-hybridized carbons (Fsp3) is 0.652. The Bertz CT molecular complexity index is 740. The Balaban J connectivity index is 1.68. The third-order valence-electron chi connectivity index (χ3n) is 6.09. The van der Waals surface area contributed by atoms with Gasteiger partial charge < -0.3 is 9.94 Å². The lowest BCUT2D eigenvalue weighted by atomic mass is 9.86. The Morgan fingerprint density at radius 1 is 1.12 bits per heavy atom. The van der Waals surface area contributed by atoms with Crippen molar-refractivity contribution in [2.45, 2.75) is 76.8 Å². The van der Waals surface area contributed by atoms with E-state index in [1.807, 2.05) is 0 Å². The average Bonchev–Trinajstić information content (AvgIpc) is 3.17. The minimum absolute atomic E-state index is 0.215. The van der Waals surface area contributed by atoms with E-state index in [2.05, 4.69) is 5.16 Å². The molecule has 32 heavy (non-hydrogen) atoms. The van der Waals surface area contributed by atoms with Gasteiger partial charge in [-0.05, 0) is 69.1 Å². The Hall–Kier alpha value is -2.29. The number of carbonyl (C=O) groups is 1. The van der Waals surface area contributed by atoms with E-state index in [-0.39, 0.29) is 17.6 Å². The molecule has 0 heterocycles. The molecule has 9 heteroatoms. The van der Waals surface area contributed by atoms with Crippen molar-refractivity contribution in [2.75, 3.05) is 6.61 Å². The molecular weight excluding hydrogens is 425 g/mol. The summed E-state index contributed by atoms with van der Waals surface area (Å²) in [6, 6.07) is 4.90. The molecule has 3 N–H and O–H groups in total. The van der Waals surface area contributed by atoms with Crippen molar-refractivity contribution in [3.8, 4) is 5.75 Å². The summed E-state index contributed by atoms with van der Waals surface area (Å²) in [6.07, 6.45) is 4.92. The van der Waals surface area contributed by atoms with Gasteiger partial charge in [-0.1, -0.05) is 30.5 Å². The first-order valence-corrected chi connectivity index (χ1v) is 11.3. The van der Waals surface area contributed by atoms with Gasteiger partial charge in [-0.15, -0.1) is 0 Å². The molecule has 1 saturated carbocycles. The van der Waals surface area contributed by atoms with Gasteiger partial charge in [0.2, 0.25) is 5.91 Å². The second-order valence-corrected chi connectivity index (χ2v) is 8.35. The number of hydroxylamine groups is 1. The number of unbranched alkanes of at least 4 members (excludes halogenated alkanes) is 4. The lowest BCUT2D eigenvalue weighted by Crippen LogP contribution is -2.17. The Morgan fingerprint density at radius 2 is 1.88 bits per heavy atom. The summed E-state index contributed by atoms with van der Waals surface area (Å²) < 4.78 is 43.8. The lowest BCUT2D eigenvalue weighted by Gasteiger charge is -2.19. The van der Waals surface area contributed by atoms with Crippen molar-refractivity contribution >= 4 is 11.6 Å². The molecule has 1 aromatic carbocycles. The van der Waals surface area contributed by atoms with Crippen LogP contribution in [0.4, 0.5) is 13.2 Å². The van der Waals surface area contributed by atoms with Crippen LogP contribution in [0.3, 0.4) is 0 Å². The van der Waals surface area contributed by atoms with Gasteiger partial charge in [-0.3, -0.25) is 10.0 Å². The zero-order chi connectivity index (χ0) is 23.4. The van der Waals surface area contributed by atoms with E-state index in [4.69, 9.17) is 9.94 Å². The summed E-state index contributed by atoms with van der Waals surface area (Å²) in [5.41, 5.74) is 1.76. The van der Waals surface area contributed by atoms with E-state index in [1.165, 1.54) is 12.1 Å². The number of hydrogen-bond donors (Lipinski definition) is 3. The van der Waals surface area contributed by atoms with Crippen LogP contribution in [0.1, 0.15) is 76.2 Å². The van der Waals surface area contributed by atoms with Gasteiger partial charge in [0, 0.05) is 12.3 Å². The maximum absolute atomic E-state index is 12.8. The molecule has 1 unspecified atom stereocenters. The van der Waals surface area contributed by atoms with Crippen molar-refractivity contribution in [3.63, 3.8) is 0 Å². The van der Waals surface area contributed by atoms with E-state index >= 15 is 0 Å². The highest BCUT2D eigenvalue weighted by molar-refractivity contribution is 5.88. The number of alkyl halides is 3. The molecule has 180 valence electrons. The average molecular weight is 459 g/mol. The zero-order valence-electron chi connectivity index (χ0n) is 18.2. The van der Waals surface area contributed by atoms with Crippen molar-refractivity contribution in [1.29, 1.82) is 0 Å². The van der Waals surface area contributed by atoms with Gasteiger partial charge in [0.05, 0.1) is 17.9 Å². The Labute approximate surface area is 186 Å². The molecule has 0 aromatic heterocycles. The second kappa shape index (κ2) is 13.3. The fourth-order valence-corrected chi connectivity index (χ4v) is 4.38. The van der Waals surface area contributed by atoms with Crippen LogP contribution in [0.2, 0.25) is 0 Å². The minimum atomic E-state index is -4.38. The summed E-state index contributed by atoms with van der Waals surface area (Å²) in [4.78, 5) is 11.0. The van der Waals surface area contributed by atoms with Crippen molar-refractivity contribution in [3.05, 3.63) is 29.8 Å². The van der Waals surface area contributed by atoms with Crippen molar-refractivity contribution < 1.29 is 33.1 Å². The van der Waals surface area contributed by atoms with Gasteiger partial charge in [0.1, 0.15) is 5.75 Å². The van der Waals surface area contributed by atoms with Crippen LogP contribution in [0.5, 0.6) is 5.75 Å². The summed E-state index contributed by atoms with van der Waals surface area (Å²) in [5.74, 6) is 0.550. The van der Waals surface area contributed by atoms with Crippen LogP contribution in [-0.4, -0.2) is 28.6 Å².